The largest absolute Gasteiger partial charge is 0.370 e. The third-order valence-electron chi connectivity index (χ3n) is 4.54. The van der Waals surface area contributed by atoms with E-state index >= 15 is 0 Å². The van der Waals surface area contributed by atoms with Gasteiger partial charge in [-0.1, -0.05) is 54.6 Å². The predicted molar refractivity (Wildman–Crippen MR) is 94.9 cm³/mol. The molecule has 0 fully saturated rings. The van der Waals surface area contributed by atoms with Gasteiger partial charge in [-0.3, -0.25) is 4.79 Å². The summed E-state index contributed by atoms with van der Waals surface area (Å²) in [6.07, 6.45) is 0. The SMILES string of the molecule is O=C1c2ccccc2-c2[o+]c(-c3ccccc3)cc3cccc1c23. The molecule has 0 aliphatic heterocycles. The topological polar surface area (TPSA) is 28.4 Å². The second kappa shape index (κ2) is 4.87. The number of carbonyl (C=O) groups excluding carboxylic acids is 1. The van der Waals surface area contributed by atoms with Crippen molar-refractivity contribution in [1.82, 2.24) is 0 Å². The summed E-state index contributed by atoms with van der Waals surface area (Å²) in [7, 11) is 0. The molecule has 1 aliphatic rings. The summed E-state index contributed by atoms with van der Waals surface area (Å²) in [5.74, 6) is 1.64. The fraction of sp³-hybridized carbons (Fsp3) is 0. The molecule has 0 spiro atoms. The number of carbonyl (C=O) groups is 1. The van der Waals surface area contributed by atoms with Crippen molar-refractivity contribution in [1.29, 1.82) is 0 Å². The zero-order valence-corrected chi connectivity index (χ0v) is 12.8. The summed E-state index contributed by atoms with van der Waals surface area (Å²) >= 11 is 0. The standard InChI is InChI=1S/C22H13O2/c23-21-16-10-4-5-11-17(16)22-20-15(9-6-12-18(20)21)13-19(24-22)14-7-2-1-3-8-14/h1-13H/q+1. The third-order valence-corrected chi connectivity index (χ3v) is 4.54. The van der Waals surface area contributed by atoms with E-state index in [9.17, 15) is 4.79 Å². The van der Waals surface area contributed by atoms with Gasteiger partial charge in [0.1, 0.15) is 0 Å². The Morgan fingerprint density at radius 3 is 2.21 bits per heavy atom. The van der Waals surface area contributed by atoms with Gasteiger partial charge in [-0.15, -0.1) is 0 Å². The highest BCUT2D eigenvalue weighted by Crippen LogP contribution is 2.41. The van der Waals surface area contributed by atoms with E-state index in [0.717, 1.165) is 33.4 Å². The Bertz CT molecular complexity index is 1110. The maximum atomic E-state index is 12.8. The van der Waals surface area contributed by atoms with Gasteiger partial charge in [-0.25, -0.2) is 4.42 Å². The summed E-state index contributed by atoms with van der Waals surface area (Å²) in [6.45, 7) is 0. The van der Waals surface area contributed by atoms with E-state index in [2.05, 4.69) is 0 Å². The zero-order valence-electron chi connectivity index (χ0n) is 12.8. The molecule has 0 unspecified atom stereocenters. The van der Waals surface area contributed by atoms with Gasteiger partial charge in [0.05, 0.1) is 22.6 Å². The molecule has 1 aromatic heterocycles. The molecule has 3 aromatic carbocycles. The lowest BCUT2D eigenvalue weighted by atomic mass is 9.86. The lowest BCUT2D eigenvalue weighted by Gasteiger charge is -2.13. The molecule has 0 saturated carbocycles. The summed E-state index contributed by atoms with van der Waals surface area (Å²) in [5.41, 5.74) is 3.30. The Hall–Kier alpha value is -3.26. The van der Waals surface area contributed by atoms with Crippen molar-refractivity contribution in [2.45, 2.75) is 0 Å². The first-order valence-electron chi connectivity index (χ1n) is 7.92. The quantitative estimate of drug-likeness (QED) is 0.377. The van der Waals surface area contributed by atoms with Crippen molar-refractivity contribution in [2.24, 2.45) is 0 Å². The van der Waals surface area contributed by atoms with Crippen molar-refractivity contribution < 1.29 is 9.21 Å². The van der Waals surface area contributed by atoms with Crippen LogP contribution in [0, 0.1) is 0 Å². The molecule has 1 aliphatic carbocycles. The van der Waals surface area contributed by atoms with Crippen LogP contribution in [0.25, 0.3) is 33.4 Å². The van der Waals surface area contributed by atoms with Crippen LogP contribution in [0.5, 0.6) is 0 Å². The molecule has 5 rings (SSSR count). The second-order valence-electron chi connectivity index (χ2n) is 5.95. The Morgan fingerprint density at radius 1 is 0.667 bits per heavy atom. The van der Waals surface area contributed by atoms with E-state index in [1.54, 1.807) is 0 Å². The number of benzene rings is 3. The van der Waals surface area contributed by atoms with Gasteiger partial charge < -0.3 is 0 Å². The van der Waals surface area contributed by atoms with Crippen LogP contribution in [0.1, 0.15) is 15.9 Å². The summed E-state index contributed by atoms with van der Waals surface area (Å²) in [4.78, 5) is 12.8. The fourth-order valence-corrected chi connectivity index (χ4v) is 3.42. The molecular weight excluding hydrogens is 296 g/mol. The fourth-order valence-electron chi connectivity index (χ4n) is 3.42. The Kier molecular flexibility index (Phi) is 2.68. The normalized spacial score (nSPS) is 12.2. The van der Waals surface area contributed by atoms with Gasteiger partial charge in [0.15, 0.2) is 5.78 Å². The van der Waals surface area contributed by atoms with Gasteiger partial charge >= 0.3 is 11.5 Å². The molecule has 2 nitrogen and oxygen atoms in total. The predicted octanol–water partition coefficient (Wildman–Crippen LogP) is 5.59. The molecule has 0 saturated heterocycles. The van der Waals surface area contributed by atoms with Gasteiger partial charge in [0.2, 0.25) is 0 Å². The van der Waals surface area contributed by atoms with Crippen LogP contribution >= 0.6 is 0 Å². The first-order chi connectivity index (χ1) is 11.8. The first kappa shape index (κ1) is 13.2. The molecule has 1 heterocycles. The minimum Gasteiger partial charge on any atom is -0.289 e. The minimum atomic E-state index is 0.0614. The number of hydrogen-bond acceptors (Lipinski definition) is 1. The second-order valence-corrected chi connectivity index (χ2v) is 5.95. The monoisotopic (exact) mass is 309 g/mol. The Labute approximate surface area is 139 Å². The highest BCUT2D eigenvalue weighted by atomic mass is 16.3. The number of ketones is 1. The zero-order chi connectivity index (χ0) is 16.1. The Morgan fingerprint density at radius 2 is 1.38 bits per heavy atom. The molecule has 4 aromatic rings. The van der Waals surface area contributed by atoms with Crippen molar-refractivity contribution >= 4 is 16.6 Å². The first-order valence-corrected chi connectivity index (χ1v) is 7.92. The van der Waals surface area contributed by atoms with Crippen LogP contribution in [0.4, 0.5) is 0 Å². The average molecular weight is 309 g/mol. The van der Waals surface area contributed by atoms with Crippen molar-refractivity contribution in [3.05, 3.63) is 90.0 Å². The Balaban J connectivity index is 1.92. The van der Waals surface area contributed by atoms with E-state index in [0.29, 0.717) is 11.1 Å². The summed E-state index contributed by atoms with van der Waals surface area (Å²) < 4.78 is 6.28. The lowest BCUT2D eigenvalue weighted by Crippen LogP contribution is -2.09. The van der Waals surface area contributed by atoms with Gasteiger partial charge in [-0.05, 0) is 18.2 Å². The molecule has 0 bridgehead atoms. The third kappa shape index (κ3) is 1.77. The van der Waals surface area contributed by atoms with Gasteiger partial charge in [-0.2, -0.15) is 0 Å². The molecule has 0 amide bonds. The highest BCUT2D eigenvalue weighted by Gasteiger charge is 2.34. The number of hydrogen-bond donors (Lipinski definition) is 0. The van der Waals surface area contributed by atoms with Gasteiger partial charge in [0.25, 0.3) is 0 Å². The van der Waals surface area contributed by atoms with Gasteiger partial charge in [0, 0.05) is 16.5 Å². The van der Waals surface area contributed by atoms with Crippen LogP contribution in [0.3, 0.4) is 0 Å². The van der Waals surface area contributed by atoms with Crippen LogP contribution in [-0.2, 0) is 0 Å². The number of fused-ring (bicyclic) bond motifs is 2. The maximum absolute atomic E-state index is 12.8. The van der Waals surface area contributed by atoms with E-state index in [1.165, 1.54) is 0 Å². The van der Waals surface area contributed by atoms with Crippen molar-refractivity contribution in [3.8, 4) is 22.6 Å². The van der Waals surface area contributed by atoms with Crippen LogP contribution < -0.4 is 0 Å². The number of rotatable bonds is 1. The minimum absolute atomic E-state index is 0.0614. The summed E-state index contributed by atoms with van der Waals surface area (Å²) in [5, 5.41) is 1.93. The van der Waals surface area contributed by atoms with E-state index in [1.807, 2.05) is 78.9 Å². The van der Waals surface area contributed by atoms with E-state index in [4.69, 9.17) is 4.42 Å². The maximum Gasteiger partial charge on any atom is 0.370 e. The van der Waals surface area contributed by atoms with Crippen molar-refractivity contribution in [3.63, 3.8) is 0 Å². The van der Waals surface area contributed by atoms with Crippen LogP contribution in [-0.4, -0.2) is 5.78 Å². The molecule has 2 heteroatoms. The molecule has 0 atom stereocenters. The molecular formula is C22H13O2+. The van der Waals surface area contributed by atoms with E-state index in [-0.39, 0.29) is 5.78 Å². The van der Waals surface area contributed by atoms with Crippen LogP contribution in [0.15, 0.2) is 83.3 Å². The molecule has 24 heavy (non-hydrogen) atoms. The highest BCUT2D eigenvalue weighted by molar-refractivity contribution is 6.25. The lowest BCUT2D eigenvalue weighted by molar-refractivity contribution is 0.103. The average Bonchev–Trinajstić information content (AvgIpc) is 2.66. The smallest absolute Gasteiger partial charge is 0.289 e. The molecule has 112 valence electrons. The van der Waals surface area contributed by atoms with Crippen LogP contribution in [0.2, 0.25) is 0 Å². The van der Waals surface area contributed by atoms with E-state index < -0.39 is 0 Å². The van der Waals surface area contributed by atoms with Crippen molar-refractivity contribution in [2.75, 3.05) is 0 Å². The molecule has 0 radical (unpaired) electrons. The summed E-state index contributed by atoms with van der Waals surface area (Å²) in [6, 6.07) is 25.5. The molecule has 0 N–H and O–H groups in total.